The number of nitrogens with two attached hydrogens (primary N) is 1. The van der Waals surface area contributed by atoms with Gasteiger partial charge in [0.2, 0.25) is 5.75 Å². The molecule has 0 saturated carbocycles. The maximum atomic E-state index is 9.79. The molecule has 0 aliphatic heterocycles. The van der Waals surface area contributed by atoms with Gasteiger partial charge in [0.05, 0.1) is 27.0 Å². The Bertz CT molecular complexity index is 1120. The molecule has 1 aromatic heterocycles. The Morgan fingerprint density at radius 1 is 1.03 bits per heavy atom. The van der Waals surface area contributed by atoms with E-state index < -0.39 is 0 Å². The molecule has 7 heteroatoms. The normalized spacial score (nSPS) is 10.3. The number of ether oxygens (including phenoxy) is 3. The lowest BCUT2D eigenvalue weighted by Gasteiger charge is -2.20. The molecule has 0 amide bonds. The van der Waals surface area contributed by atoms with Gasteiger partial charge in [0.15, 0.2) is 11.5 Å². The SMILES string of the molecule is COc1ccc(-c2c(C)c(-c3cccc(Cl)c3)nc(N)c2C#N)c(OC)c1OC. The number of aromatic nitrogens is 1. The molecule has 3 rings (SSSR count). The van der Waals surface area contributed by atoms with E-state index in [1.165, 1.54) is 14.2 Å². The van der Waals surface area contributed by atoms with Crippen molar-refractivity contribution in [3.8, 4) is 45.7 Å². The number of hydrogen-bond donors (Lipinski definition) is 1. The summed E-state index contributed by atoms with van der Waals surface area (Å²) in [5.74, 6) is 1.51. The minimum absolute atomic E-state index is 0.125. The summed E-state index contributed by atoms with van der Waals surface area (Å²) in [6, 6.07) is 13.1. The van der Waals surface area contributed by atoms with Gasteiger partial charge >= 0.3 is 0 Å². The molecule has 0 aliphatic carbocycles. The number of benzene rings is 2. The number of halogens is 1. The number of hydrogen-bond acceptors (Lipinski definition) is 6. The van der Waals surface area contributed by atoms with Crippen LogP contribution in [0.2, 0.25) is 5.02 Å². The third-order valence-electron chi connectivity index (χ3n) is 4.65. The second-order valence-electron chi connectivity index (χ2n) is 6.22. The van der Waals surface area contributed by atoms with E-state index in [4.69, 9.17) is 31.5 Å². The molecule has 0 spiro atoms. The van der Waals surface area contributed by atoms with Crippen molar-refractivity contribution in [1.29, 1.82) is 5.26 Å². The van der Waals surface area contributed by atoms with Gasteiger partial charge < -0.3 is 19.9 Å². The van der Waals surface area contributed by atoms with Crippen LogP contribution in [0, 0.1) is 18.3 Å². The van der Waals surface area contributed by atoms with Gasteiger partial charge in [-0.15, -0.1) is 0 Å². The molecule has 6 nitrogen and oxygen atoms in total. The molecule has 0 atom stereocenters. The first-order valence-corrected chi connectivity index (χ1v) is 9.10. The molecule has 0 saturated heterocycles. The van der Waals surface area contributed by atoms with Crippen LogP contribution in [0.3, 0.4) is 0 Å². The van der Waals surface area contributed by atoms with Gasteiger partial charge in [0, 0.05) is 21.7 Å². The predicted molar refractivity (Wildman–Crippen MR) is 114 cm³/mol. The Kier molecular flexibility index (Phi) is 5.81. The summed E-state index contributed by atoms with van der Waals surface area (Å²) in [7, 11) is 4.61. The Labute approximate surface area is 174 Å². The lowest BCUT2D eigenvalue weighted by molar-refractivity contribution is 0.325. The van der Waals surface area contributed by atoms with Crippen molar-refractivity contribution >= 4 is 17.4 Å². The number of methoxy groups -OCH3 is 3. The number of rotatable bonds is 5. The van der Waals surface area contributed by atoms with Crippen LogP contribution < -0.4 is 19.9 Å². The van der Waals surface area contributed by atoms with Crippen LogP contribution >= 0.6 is 11.6 Å². The first kappa shape index (κ1) is 20.3. The largest absolute Gasteiger partial charge is 0.493 e. The summed E-state index contributed by atoms with van der Waals surface area (Å²) in [6.45, 7) is 1.88. The second kappa shape index (κ2) is 8.29. The average molecular weight is 410 g/mol. The number of anilines is 1. The highest BCUT2D eigenvalue weighted by Crippen LogP contribution is 2.47. The first-order valence-electron chi connectivity index (χ1n) is 8.72. The zero-order valence-corrected chi connectivity index (χ0v) is 17.3. The lowest BCUT2D eigenvalue weighted by atomic mass is 9.92. The maximum Gasteiger partial charge on any atom is 0.203 e. The molecule has 148 valence electrons. The van der Waals surface area contributed by atoms with E-state index in [0.29, 0.717) is 39.1 Å². The molecule has 0 bridgehead atoms. The van der Waals surface area contributed by atoms with Crippen molar-refractivity contribution in [3.05, 3.63) is 52.5 Å². The molecule has 0 radical (unpaired) electrons. The minimum atomic E-state index is 0.125. The monoisotopic (exact) mass is 409 g/mol. The summed E-state index contributed by atoms with van der Waals surface area (Å²) in [6.07, 6.45) is 0. The van der Waals surface area contributed by atoms with Gasteiger partial charge in [0.25, 0.3) is 0 Å². The minimum Gasteiger partial charge on any atom is -0.493 e. The van der Waals surface area contributed by atoms with Crippen LogP contribution in [-0.4, -0.2) is 26.3 Å². The van der Waals surface area contributed by atoms with E-state index in [-0.39, 0.29) is 11.4 Å². The summed E-state index contributed by atoms with van der Waals surface area (Å²) in [5.41, 5.74) is 9.90. The molecule has 3 aromatic rings. The van der Waals surface area contributed by atoms with E-state index >= 15 is 0 Å². The zero-order valence-electron chi connectivity index (χ0n) is 16.5. The fourth-order valence-electron chi connectivity index (χ4n) is 3.36. The van der Waals surface area contributed by atoms with Crippen LogP contribution in [-0.2, 0) is 0 Å². The van der Waals surface area contributed by atoms with Gasteiger partial charge in [-0.05, 0) is 36.8 Å². The van der Waals surface area contributed by atoms with Crippen LogP contribution in [0.4, 0.5) is 5.82 Å². The van der Waals surface area contributed by atoms with Crippen molar-refractivity contribution < 1.29 is 14.2 Å². The topological polar surface area (TPSA) is 90.4 Å². The highest BCUT2D eigenvalue weighted by atomic mass is 35.5. The Hall–Kier alpha value is -3.43. The zero-order chi connectivity index (χ0) is 21.1. The van der Waals surface area contributed by atoms with Crippen molar-refractivity contribution in [2.24, 2.45) is 0 Å². The average Bonchev–Trinajstić information content (AvgIpc) is 2.73. The number of nitriles is 1. The predicted octanol–water partition coefficient (Wildman–Crippen LogP) is 4.86. The quantitative estimate of drug-likeness (QED) is 0.647. The Morgan fingerprint density at radius 3 is 2.34 bits per heavy atom. The maximum absolute atomic E-state index is 9.79. The third kappa shape index (κ3) is 3.53. The number of pyridine rings is 1. The van der Waals surface area contributed by atoms with Gasteiger partial charge in [-0.25, -0.2) is 4.98 Å². The van der Waals surface area contributed by atoms with E-state index in [1.54, 1.807) is 25.3 Å². The highest BCUT2D eigenvalue weighted by Gasteiger charge is 2.24. The Balaban J connectivity index is 2.40. The molecular weight excluding hydrogens is 390 g/mol. The molecule has 2 aromatic carbocycles. The van der Waals surface area contributed by atoms with E-state index in [2.05, 4.69) is 11.1 Å². The van der Waals surface area contributed by atoms with Crippen molar-refractivity contribution in [1.82, 2.24) is 4.98 Å². The lowest BCUT2D eigenvalue weighted by Crippen LogP contribution is -2.05. The molecule has 1 heterocycles. The summed E-state index contributed by atoms with van der Waals surface area (Å²) in [5, 5.41) is 10.4. The van der Waals surface area contributed by atoms with Crippen molar-refractivity contribution in [2.45, 2.75) is 6.92 Å². The fraction of sp³-hybridized carbons (Fsp3) is 0.182. The van der Waals surface area contributed by atoms with E-state index in [0.717, 1.165) is 11.1 Å². The molecule has 0 fully saturated rings. The standard InChI is InChI=1S/C22H20ClN3O3/c1-12-18(15-8-9-17(27-2)21(29-4)20(15)28-3)16(11-24)22(25)26-19(12)13-6-5-7-14(23)10-13/h5-10H,1-4H3,(H2,25,26). The highest BCUT2D eigenvalue weighted by molar-refractivity contribution is 6.30. The van der Waals surface area contributed by atoms with Gasteiger partial charge in [-0.3, -0.25) is 0 Å². The Morgan fingerprint density at radius 2 is 1.76 bits per heavy atom. The summed E-state index contributed by atoms with van der Waals surface area (Å²) >= 11 is 6.16. The molecular formula is C22H20ClN3O3. The van der Waals surface area contributed by atoms with Crippen LogP contribution in [0.5, 0.6) is 17.2 Å². The van der Waals surface area contributed by atoms with Crippen LogP contribution in [0.25, 0.3) is 22.4 Å². The first-order chi connectivity index (χ1) is 14.0. The smallest absolute Gasteiger partial charge is 0.203 e. The van der Waals surface area contributed by atoms with Crippen LogP contribution in [0.1, 0.15) is 11.1 Å². The van der Waals surface area contributed by atoms with Crippen molar-refractivity contribution in [2.75, 3.05) is 27.1 Å². The fourth-order valence-corrected chi connectivity index (χ4v) is 3.55. The summed E-state index contributed by atoms with van der Waals surface area (Å²) < 4.78 is 16.5. The molecule has 0 aliphatic rings. The molecule has 29 heavy (non-hydrogen) atoms. The van der Waals surface area contributed by atoms with Gasteiger partial charge in [-0.1, -0.05) is 23.7 Å². The van der Waals surface area contributed by atoms with E-state index in [9.17, 15) is 5.26 Å². The number of nitrogens with zero attached hydrogens (tertiary/aromatic N) is 2. The van der Waals surface area contributed by atoms with Gasteiger partial charge in [0.1, 0.15) is 17.5 Å². The van der Waals surface area contributed by atoms with Gasteiger partial charge in [-0.2, -0.15) is 5.26 Å². The van der Waals surface area contributed by atoms with E-state index in [1.807, 2.05) is 25.1 Å². The molecule has 2 N–H and O–H groups in total. The summed E-state index contributed by atoms with van der Waals surface area (Å²) in [4.78, 5) is 4.47. The van der Waals surface area contributed by atoms with Crippen molar-refractivity contribution in [3.63, 3.8) is 0 Å². The number of nitrogen functional groups attached to an aromatic ring is 1. The van der Waals surface area contributed by atoms with Crippen LogP contribution in [0.15, 0.2) is 36.4 Å². The third-order valence-corrected chi connectivity index (χ3v) is 4.89. The molecule has 0 unspecified atom stereocenters. The second-order valence-corrected chi connectivity index (χ2v) is 6.66.